The number of hydrogen-bond acceptors (Lipinski definition) is 25. The third kappa shape index (κ3) is 23.9. The fourth-order valence-corrected chi connectivity index (χ4v) is 26.0. The van der Waals surface area contributed by atoms with Crippen molar-refractivity contribution in [2.24, 2.45) is 69.0 Å². The molecule has 0 radical (unpaired) electrons. The smallest absolute Gasteiger partial charge is 0.476 e. The second kappa shape index (κ2) is 42.3. The normalized spacial score (nSPS) is 29.8. The Balaban J connectivity index is 0.000000236. The summed E-state index contributed by atoms with van der Waals surface area (Å²) < 4.78 is 81.4. The van der Waals surface area contributed by atoms with Gasteiger partial charge >= 0.3 is 27.6 Å². The summed E-state index contributed by atoms with van der Waals surface area (Å²) >= 11 is 6.06. The molecular formula is C102H128Br2N4O28P2. The number of phosphoric ester groups is 2. The lowest BCUT2D eigenvalue weighted by atomic mass is 9.46. The molecule has 138 heavy (non-hydrogen) atoms. The molecule has 0 bridgehead atoms. The monoisotopic (exact) mass is 2080 g/mol. The van der Waals surface area contributed by atoms with Gasteiger partial charge in [-0.25, -0.2) is 9.13 Å². The fourth-order valence-electron chi connectivity index (χ4n) is 23.6. The first-order valence-electron chi connectivity index (χ1n) is 47.1. The van der Waals surface area contributed by atoms with Crippen LogP contribution in [0.1, 0.15) is 226 Å². The number of halogens is 2. The molecule has 4 aromatic rings. The molecule has 32 nitrogen and oxygen atoms in total. The third-order valence-corrected chi connectivity index (χ3v) is 32.7. The van der Waals surface area contributed by atoms with Crippen LogP contribution in [0.15, 0.2) is 145 Å². The Morgan fingerprint density at radius 1 is 0.536 bits per heavy atom. The molecule has 2 saturated heterocycles. The van der Waals surface area contributed by atoms with Crippen molar-refractivity contribution in [2.75, 3.05) is 47.6 Å². The van der Waals surface area contributed by atoms with Gasteiger partial charge in [0, 0.05) is 93.5 Å². The molecule has 6 saturated carbocycles. The van der Waals surface area contributed by atoms with Crippen LogP contribution in [0.4, 0.5) is 11.4 Å². The van der Waals surface area contributed by atoms with Gasteiger partial charge in [-0.1, -0.05) is 156 Å². The Morgan fingerprint density at radius 2 is 0.935 bits per heavy atom. The topological polar surface area (TPSA) is 471 Å². The molecule has 20 atom stereocenters. The van der Waals surface area contributed by atoms with Crippen LogP contribution >= 0.6 is 47.5 Å². The van der Waals surface area contributed by atoms with E-state index in [1.165, 1.54) is 0 Å². The van der Waals surface area contributed by atoms with Gasteiger partial charge in [-0.3, -0.25) is 75.6 Å². The highest BCUT2D eigenvalue weighted by molar-refractivity contribution is 9.09. The number of amides is 4. The van der Waals surface area contributed by atoms with Crippen LogP contribution in [-0.4, -0.2) is 185 Å². The van der Waals surface area contributed by atoms with E-state index in [0.717, 1.165) is 33.4 Å². The highest BCUT2D eigenvalue weighted by Crippen LogP contribution is 2.73. The number of ether oxygens (including phenoxy) is 5. The summed E-state index contributed by atoms with van der Waals surface area (Å²) in [5.41, 5.74) is -1.33. The van der Waals surface area contributed by atoms with Gasteiger partial charge in [-0.2, -0.15) is 0 Å². The SMILES string of the molecule is CC(C)(C)OC(=O)CC[C@H](CC(=O)CNC(=O)CBr)C(=O)Nc1cccc(Cc2ccc([C@@H]3O[C@@H]4C[C@H]5[C@@H]6CCC7=CC(=O)C=C[C@]7(C)[C@H]6[C@@H](O)C[C@]5(C)[C@]4(C(=O)COP(=O)(OC(C)(C)C)OC(C)(C)C)O3)cc2)c1.C[C@]12C=CC(=O)C=C1CC[C@@H]1[C@@H]2[C@@H](O)C[C@@]2(C)[C@H]1C[C@H]1O[C@@H](c3ccc(Cc4cccc(NC(=O)[C@H](CCC(=O)O)CC(=O)CNC(=O)CBr)c4)cc3)O[C@]12C(=O)COP(=O)(O)O. The van der Waals surface area contributed by atoms with Crippen LogP contribution in [0.3, 0.4) is 0 Å². The van der Waals surface area contributed by atoms with E-state index in [1.54, 1.807) is 123 Å². The van der Waals surface area contributed by atoms with Crippen molar-refractivity contribution in [1.29, 1.82) is 0 Å². The number of aliphatic hydroxyl groups is 2. The standard InChI is InChI=1S/C57H76BrN2O14P.C45H52BrN2O14P/c1-52(2,3)71-48(66)22-19-37(27-41(62)32-59-47(65)31-58)50(67)60-39-14-12-13-35(26-39)25-34-15-17-36(18-16-34)51-70-46-29-43-42-21-20-38-28-40(61)23-24-55(38,10)49(42)44(63)30-56(43,11)57(46,72-51)45(64)33-69-75(68,73-53(4,5)6)74-54(7,8)9;1-43-15-14-31(49)19-29(43)11-12-33-34-20-37-45(36(52)24-60-63(57,58)59,44(34,2)21-35(51)40(33)43)62-42(61-37)27-8-6-25(7-9-27)16-26-4-3-5-30(17-26)48-41(56)28(10-13-39(54)55)18-32(50)23-47-38(53)22-46/h12-18,23-24,26,28,37,42-44,46,49,51,63H,19-22,25,27,29-33H2,1-11H3,(H,59,65)(H,60,67);3-9,14-15,17,19,28,33-35,37,40,42,51H,10-13,16,18,20-24H2,1-2H3,(H,47,53)(H,48,56)(H,54,55)(H2,57,58,59)/t37-,42+,43+,44+,46-,49-,51-,55+,56+,57-;28-,33+,34+,35+,37-,40-,42-,43+,44+,45-/m11/s1. The van der Waals surface area contributed by atoms with Crippen molar-refractivity contribution in [2.45, 2.75) is 258 Å². The van der Waals surface area contributed by atoms with E-state index in [0.29, 0.717) is 73.9 Å². The first kappa shape index (κ1) is 107. The summed E-state index contributed by atoms with van der Waals surface area (Å²) in [5.74, 6) is -8.05. The van der Waals surface area contributed by atoms with Crippen molar-refractivity contribution in [3.63, 3.8) is 0 Å². The van der Waals surface area contributed by atoms with Gasteiger partial charge in [-0.15, -0.1) is 0 Å². The van der Waals surface area contributed by atoms with Crippen LogP contribution in [0.2, 0.25) is 0 Å². The van der Waals surface area contributed by atoms with Crippen LogP contribution < -0.4 is 21.3 Å². The number of esters is 1. The predicted molar refractivity (Wildman–Crippen MR) is 513 cm³/mol. The number of carbonyl (C=O) groups is 12. The minimum absolute atomic E-state index is 0.00960. The number of benzene rings is 4. The molecule has 0 unspecified atom stereocenters. The van der Waals surface area contributed by atoms with Gasteiger partial charge < -0.3 is 70.1 Å². The number of alkyl halides is 2. The number of anilines is 2. The van der Waals surface area contributed by atoms with Crippen LogP contribution in [0, 0.1) is 69.0 Å². The van der Waals surface area contributed by atoms with Gasteiger partial charge in [0.1, 0.15) is 18.8 Å². The maximum absolute atomic E-state index is 15.3. The largest absolute Gasteiger partial charge is 0.481 e. The number of hydrogen-bond donors (Lipinski definition) is 9. The lowest BCUT2D eigenvalue weighted by Gasteiger charge is -2.59. The van der Waals surface area contributed by atoms with Crippen molar-refractivity contribution in [1.82, 2.24) is 10.6 Å². The zero-order valence-corrected chi connectivity index (χ0v) is 85.1. The third-order valence-electron chi connectivity index (χ3n) is 29.2. The Kier molecular flexibility index (Phi) is 32.7. The number of carbonyl (C=O) groups excluding carboxylic acids is 11. The number of Topliss-reactive ketones (excluding diaryl/α,β-unsaturated/α-hetero) is 4. The molecular weight excluding hydrogens is 1950 g/mol. The fraction of sp³-hybridized carbons (Fsp3) is 0.569. The number of fused-ring (bicyclic) bond motifs is 14. The average molecular weight is 2080 g/mol. The zero-order chi connectivity index (χ0) is 101. The molecule has 2 heterocycles. The molecule has 8 fully saturated rings. The van der Waals surface area contributed by atoms with E-state index in [9.17, 15) is 87.0 Å². The molecule has 10 aliphatic rings. The first-order chi connectivity index (χ1) is 64.6. The van der Waals surface area contributed by atoms with Crippen molar-refractivity contribution >= 4 is 129 Å². The first-order valence-corrected chi connectivity index (χ1v) is 52.3. The zero-order valence-electron chi connectivity index (χ0n) is 80.1. The summed E-state index contributed by atoms with van der Waals surface area (Å²) in [7, 11) is -9.37. The molecule has 748 valence electrons. The molecule has 0 spiro atoms. The molecule has 2 aliphatic heterocycles. The summed E-state index contributed by atoms with van der Waals surface area (Å²) in [5, 5.41) is 44.3. The number of carboxylic acid groups (broad SMARTS) is 1. The van der Waals surface area contributed by atoms with Crippen LogP contribution in [0.25, 0.3) is 0 Å². The Bertz CT molecular complexity index is 5560. The lowest BCUT2D eigenvalue weighted by Crippen LogP contribution is -2.63. The minimum atomic E-state index is -5.04. The Hall–Kier alpha value is -8.38. The number of rotatable bonds is 36. The summed E-state index contributed by atoms with van der Waals surface area (Å²) in [4.78, 5) is 173. The number of nitrogens with one attached hydrogen (secondary N) is 4. The molecule has 4 aromatic carbocycles. The molecule has 36 heteroatoms. The van der Waals surface area contributed by atoms with Crippen molar-refractivity contribution < 1.29 is 134 Å². The van der Waals surface area contributed by atoms with Crippen LogP contribution in [0.5, 0.6) is 0 Å². The average Bonchev–Trinajstić information content (AvgIpc) is 1.51. The van der Waals surface area contributed by atoms with E-state index < -0.39 is 174 Å². The summed E-state index contributed by atoms with van der Waals surface area (Å²) in [6, 6.07) is 29.4. The van der Waals surface area contributed by atoms with Crippen LogP contribution in [-0.2, 0) is 121 Å². The number of aliphatic carboxylic acids is 1. The number of aliphatic hydroxyl groups excluding tert-OH is 2. The maximum Gasteiger partial charge on any atom is 0.476 e. The highest BCUT2D eigenvalue weighted by Gasteiger charge is 2.78. The summed E-state index contributed by atoms with van der Waals surface area (Å²) in [6.07, 6.45) is 9.01. The van der Waals surface area contributed by atoms with Gasteiger partial charge in [-0.05, 0) is 234 Å². The predicted octanol–water partition coefficient (Wildman–Crippen LogP) is 14.7. The van der Waals surface area contributed by atoms with Gasteiger partial charge in [0.25, 0.3) is 0 Å². The Labute approximate surface area is 820 Å². The number of ketones is 6. The van der Waals surface area contributed by atoms with E-state index in [2.05, 4.69) is 60.1 Å². The lowest BCUT2D eigenvalue weighted by molar-refractivity contribution is -0.201. The molecule has 9 N–H and O–H groups in total. The quantitative estimate of drug-likeness (QED) is 0.0116. The van der Waals surface area contributed by atoms with Gasteiger partial charge in [0.2, 0.25) is 23.6 Å². The minimum Gasteiger partial charge on any atom is -0.481 e. The number of allylic oxidation sites excluding steroid dienone is 8. The van der Waals surface area contributed by atoms with E-state index in [1.807, 2.05) is 93.6 Å². The second-order valence-electron chi connectivity index (χ2n) is 42.2. The van der Waals surface area contributed by atoms with Crippen molar-refractivity contribution in [3.05, 3.63) is 178 Å². The van der Waals surface area contributed by atoms with E-state index >= 15 is 4.79 Å². The molecule has 14 rings (SSSR count). The molecule has 8 aliphatic carbocycles. The highest BCUT2D eigenvalue weighted by atomic mass is 79.9. The number of phosphoric acid groups is 2. The summed E-state index contributed by atoms with van der Waals surface area (Å²) in [6.45, 7) is 21.5. The van der Waals surface area contributed by atoms with E-state index in [-0.39, 0.29) is 134 Å². The molecule has 4 amide bonds. The van der Waals surface area contributed by atoms with Gasteiger partial charge in [0.15, 0.2) is 58.5 Å². The number of carboxylic acids is 1. The second-order valence-corrected chi connectivity index (χ2v) is 46.1. The Morgan fingerprint density at radius 3 is 1.31 bits per heavy atom. The van der Waals surface area contributed by atoms with Crippen molar-refractivity contribution in [3.8, 4) is 0 Å². The van der Waals surface area contributed by atoms with E-state index in [4.69, 9.17) is 41.8 Å². The molecule has 0 aromatic heterocycles. The maximum atomic E-state index is 15.3. The van der Waals surface area contributed by atoms with Gasteiger partial charge in [0.05, 0.1) is 59.4 Å².